The Hall–Kier alpha value is -4.65. The van der Waals surface area contributed by atoms with Crippen molar-refractivity contribution < 1.29 is 19.1 Å². The van der Waals surface area contributed by atoms with Crippen molar-refractivity contribution in [1.29, 1.82) is 0 Å². The number of nitrogens with one attached hydrogen (secondary N) is 1. The molecule has 33 heavy (non-hydrogen) atoms. The summed E-state index contributed by atoms with van der Waals surface area (Å²) in [6, 6.07) is 23.3. The number of ether oxygens (including phenoxy) is 1. The van der Waals surface area contributed by atoms with Gasteiger partial charge in [0.2, 0.25) is 0 Å². The van der Waals surface area contributed by atoms with E-state index in [1.807, 2.05) is 59.3 Å². The predicted octanol–water partition coefficient (Wildman–Crippen LogP) is 4.31. The summed E-state index contributed by atoms with van der Waals surface area (Å²) in [6.07, 6.45) is 3.35. The highest BCUT2D eigenvalue weighted by atomic mass is 16.5. The highest BCUT2D eigenvalue weighted by molar-refractivity contribution is 6.39. The van der Waals surface area contributed by atoms with Gasteiger partial charge in [0.25, 0.3) is 11.8 Å². The van der Waals surface area contributed by atoms with Crippen molar-refractivity contribution in [3.8, 4) is 11.4 Å². The number of methoxy groups -OCH3 is 1. The molecule has 0 atom stereocenters. The van der Waals surface area contributed by atoms with Crippen molar-refractivity contribution in [3.05, 3.63) is 96.3 Å². The van der Waals surface area contributed by atoms with Crippen LogP contribution in [0.15, 0.2) is 90.6 Å². The third-order valence-electron chi connectivity index (χ3n) is 5.52. The van der Waals surface area contributed by atoms with Crippen LogP contribution in [0.1, 0.15) is 5.69 Å². The summed E-state index contributed by atoms with van der Waals surface area (Å²) in [7, 11) is 1.53. The number of fused-ring (bicyclic) bond motifs is 1. The van der Waals surface area contributed by atoms with Crippen LogP contribution in [0.3, 0.4) is 0 Å². The largest absolute Gasteiger partial charge is 0.497 e. The van der Waals surface area contributed by atoms with Crippen molar-refractivity contribution in [3.63, 3.8) is 0 Å². The number of barbiturate groups is 1. The lowest BCUT2D eigenvalue weighted by atomic mass is 10.1. The number of benzene rings is 3. The third kappa shape index (κ3) is 3.65. The van der Waals surface area contributed by atoms with E-state index in [9.17, 15) is 14.4 Å². The molecule has 1 N–H and O–H groups in total. The molecule has 5 rings (SSSR count). The monoisotopic (exact) mass is 437 g/mol. The van der Waals surface area contributed by atoms with E-state index in [0.29, 0.717) is 17.1 Å². The number of amides is 4. The van der Waals surface area contributed by atoms with Gasteiger partial charge < -0.3 is 9.30 Å². The second kappa shape index (κ2) is 8.12. The molecule has 1 fully saturated rings. The van der Waals surface area contributed by atoms with Crippen LogP contribution in [0.25, 0.3) is 22.5 Å². The highest BCUT2D eigenvalue weighted by Crippen LogP contribution is 2.26. The molecular formula is C26H19N3O4. The summed E-state index contributed by atoms with van der Waals surface area (Å²) in [5.74, 6) is -0.843. The Bertz CT molecular complexity index is 1430. The number of urea groups is 1. The normalized spacial score (nSPS) is 15.2. The van der Waals surface area contributed by atoms with Gasteiger partial charge >= 0.3 is 6.03 Å². The number of anilines is 1. The zero-order valence-electron chi connectivity index (χ0n) is 17.7. The van der Waals surface area contributed by atoms with Crippen LogP contribution in [0.4, 0.5) is 10.5 Å². The van der Waals surface area contributed by atoms with E-state index in [1.165, 1.54) is 13.2 Å². The van der Waals surface area contributed by atoms with Crippen molar-refractivity contribution >= 4 is 40.4 Å². The van der Waals surface area contributed by atoms with E-state index < -0.39 is 17.8 Å². The second-order valence-corrected chi connectivity index (χ2v) is 7.49. The maximum atomic E-state index is 13.2. The first-order chi connectivity index (χ1) is 16.0. The first kappa shape index (κ1) is 20.3. The fraction of sp³-hybridized carbons (Fsp3) is 0.0385. The van der Waals surface area contributed by atoms with Gasteiger partial charge in [0.1, 0.15) is 11.3 Å². The van der Waals surface area contributed by atoms with E-state index in [1.54, 1.807) is 30.3 Å². The minimum atomic E-state index is -0.794. The molecule has 7 nitrogen and oxygen atoms in total. The quantitative estimate of drug-likeness (QED) is 0.381. The first-order valence-electron chi connectivity index (χ1n) is 10.3. The average Bonchev–Trinajstić information content (AvgIpc) is 3.30. The molecule has 2 heterocycles. The summed E-state index contributed by atoms with van der Waals surface area (Å²) in [6.45, 7) is 0. The molecule has 4 amide bonds. The predicted molar refractivity (Wildman–Crippen MR) is 125 cm³/mol. The number of carbonyl (C=O) groups excluding carboxylic acids is 3. The minimum absolute atomic E-state index is 0.133. The van der Waals surface area contributed by atoms with Gasteiger partial charge in [-0.25, -0.2) is 9.69 Å². The Morgan fingerprint density at radius 3 is 2.30 bits per heavy atom. The zero-order chi connectivity index (χ0) is 22.9. The molecule has 0 aliphatic carbocycles. The molecule has 1 saturated heterocycles. The fourth-order valence-corrected chi connectivity index (χ4v) is 3.84. The van der Waals surface area contributed by atoms with Gasteiger partial charge in [0.05, 0.1) is 12.8 Å². The van der Waals surface area contributed by atoms with Crippen LogP contribution in [0, 0.1) is 0 Å². The maximum Gasteiger partial charge on any atom is 0.335 e. The number of hydrogen-bond donors (Lipinski definition) is 1. The molecule has 162 valence electrons. The summed E-state index contributed by atoms with van der Waals surface area (Å²) in [4.78, 5) is 39.1. The van der Waals surface area contributed by atoms with E-state index in [-0.39, 0.29) is 5.57 Å². The molecule has 3 aromatic carbocycles. The van der Waals surface area contributed by atoms with Gasteiger partial charge in [0, 0.05) is 17.6 Å². The Morgan fingerprint density at radius 2 is 1.55 bits per heavy atom. The number of carbonyl (C=O) groups is 3. The second-order valence-electron chi connectivity index (χ2n) is 7.49. The molecule has 4 aromatic rings. The molecule has 0 saturated carbocycles. The van der Waals surface area contributed by atoms with Crippen LogP contribution >= 0.6 is 0 Å². The molecular weight excluding hydrogens is 418 g/mol. The standard InChI is InChI=1S/C26H19N3O4/c1-33-22-12-10-19(11-13-22)29-25(31)23(24(30)27-26(29)32)16-20-7-4-14-28(20)21-9-8-17-5-2-3-6-18(17)15-21/h2-16H,1H3,(H,27,30,32). The van der Waals surface area contributed by atoms with Crippen LogP contribution in [0.2, 0.25) is 0 Å². The number of imide groups is 2. The number of nitrogens with zero attached hydrogens (tertiary/aromatic N) is 2. The van der Waals surface area contributed by atoms with E-state index in [0.717, 1.165) is 21.4 Å². The van der Waals surface area contributed by atoms with Gasteiger partial charge in [-0.1, -0.05) is 30.3 Å². The summed E-state index contributed by atoms with van der Waals surface area (Å²) >= 11 is 0. The SMILES string of the molecule is COc1ccc(N2C(=O)NC(=O)C(=Cc3cccn3-c3ccc4ccccc4c3)C2=O)cc1. The Kier molecular flexibility index (Phi) is 4.99. The number of hydrogen-bond acceptors (Lipinski definition) is 4. The van der Waals surface area contributed by atoms with Gasteiger partial charge in [-0.3, -0.25) is 14.9 Å². The lowest BCUT2D eigenvalue weighted by Gasteiger charge is -2.26. The smallest absolute Gasteiger partial charge is 0.335 e. The van der Waals surface area contributed by atoms with Crippen LogP contribution < -0.4 is 15.0 Å². The first-order valence-corrected chi connectivity index (χ1v) is 10.3. The molecule has 0 unspecified atom stereocenters. The van der Waals surface area contributed by atoms with Gasteiger partial charge in [-0.15, -0.1) is 0 Å². The highest BCUT2D eigenvalue weighted by Gasteiger charge is 2.37. The molecule has 0 spiro atoms. The third-order valence-corrected chi connectivity index (χ3v) is 5.52. The van der Waals surface area contributed by atoms with Crippen molar-refractivity contribution in [2.24, 2.45) is 0 Å². The van der Waals surface area contributed by atoms with Crippen molar-refractivity contribution in [2.75, 3.05) is 12.0 Å². The molecule has 0 bridgehead atoms. The van der Waals surface area contributed by atoms with Crippen LogP contribution in [-0.4, -0.2) is 29.5 Å². The minimum Gasteiger partial charge on any atom is -0.497 e. The van der Waals surface area contributed by atoms with Gasteiger partial charge in [-0.05, 0) is 65.4 Å². The lowest BCUT2D eigenvalue weighted by Crippen LogP contribution is -2.54. The number of rotatable bonds is 4. The Labute approximate surface area is 189 Å². The Balaban J connectivity index is 1.53. The van der Waals surface area contributed by atoms with Gasteiger partial charge in [0.15, 0.2) is 0 Å². The number of aromatic nitrogens is 1. The van der Waals surface area contributed by atoms with E-state index in [2.05, 4.69) is 5.32 Å². The average molecular weight is 437 g/mol. The van der Waals surface area contributed by atoms with E-state index in [4.69, 9.17) is 4.74 Å². The molecule has 1 aliphatic heterocycles. The maximum absolute atomic E-state index is 13.2. The topological polar surface area (TPSA) is 80.6 Å². The summed E-state index contributed by atoms with van der Waals surface area (Å²) < 4.78 is 7.01. The van der Waals surface area contributed by atoms with Crippen molar-refractivity contribution in [2.45, 2.75) is 0 Å². The van der Waals surface area contributed by atoms with Crippen LogP contribution in [0.5, 0.6) is 5.75 Å². The molecule has 1 aromatic heterocycles. The molecule has 7 heteroatoms. The van der Waals surface area contributed by atoms with Gasteiger partial charge in [-0.2, -0.15) is 0 Å². The van der Waals surface area contributed by atoms with Crippen molar-refractivity contribution in [1.82, 2.24) is 9.88 Å². The zero-order valence-corrected chi connectivity index (χ0v) is 17.7. The lowest BCUT2D eigenvalue weighted by molar-refractivity contribution is -0.122. The molecule has 0 radical (unpaired) electrons. The van der Waals surface area contributed by atoms with Crippen LogP contribution in [-0.2, 0) is 9.59 Å². The Morgan fingerprint density at radius 1 is 0.818 bits per heavy atom. The van der Waals surface area contributed by atoms with E-state index >= 15 is 0 Å². The molecule has 1 aliphatic rings. The summed E-state index contributed by atoms with van der Waals surface area (Å²) in [5, 5.41) is 4.44. The fourth-order valence-electron chi connectivity index (χ4n) is 3.84. The summed E-state index contributed by atoms with van der Waals surface area (Å²) in [5.41, 5.74) is 1.72.